The van der Waals surface area contributed by atoms with Crippen molar-refractivity contribution in [2.24, 2.45) is 0 Å². The minimum atomic E-state index is -1.16. The molecule has 0 atom stereocenters. The van der Waals surface area contributed by atoms with Crippen molar-refractivity contribution >= 4 is 5.69 Å². The molecule has 2 N–H and O–H groups in total. The summed E-state index contributed by atoms with van der Waals surface area (Å²) in [5.74, 6) is -2.24. The first-order valence-corrected chi connectivity index (χ1v) is 5.01. The van der Waals surface area contributed by atoms with Crippen molar-refractivity contribution in [2.75, 3.05) is 31.7 Å². The quantitative estimate of drug-likeness (QED) is 0.737. The van der Waals surface area contributed by atoms with E-state index in [0.717, 1.165) is 0 Å². The molecule has 0 spiro atoms. The van der Waals surface area contributed by atoms with E-state index in [9.17, 15) is 8.78 Å². The topological polar surface area (TPSA) is 65.3 Å². The van der Waals surface area contributed by atoms with Crippen molar-refractivity contribution in [3.05, 3.63) is 29.3 Å². The van der Waals surface area contributed by atoms with Crippen LogP contribution >= 0.6 is 0 Å². The molecule has 0 heterocycles. The van der Waals surface area contributed by atoms with Crippen LogP contribution in [0.15, 0.2) is 12.1 Å². The van der Waals surface area contributed by atoms with Gasteiger partial charge in [0.2, 0.25) is 0 Å². The van der Waals surface area contributed by atoms with Crippen molar-refractivity contribution in [1.82, 2.24) is 0 Å². The van der Waals surface area contributed by atoms with Crippen molar-refractivity contribution in [3.8, 4) is 6.07 Å². The van der Waals surface area contributed by atoms with Crippen molar-refractivity contribution in [1.29, 1.82) is 5.26 Å². The molecular formula is C11H12F2N2O2. The van der Waals surface area contributed by atoms with Crippen LogP contribution in [0.2, 0.25) is 0 Å². The highest BCUT2D eigenvalue weighted by Gasteiger charge is 2.12. The normalized spacial score (nSPS) is 10.0. The molecule has 0 unspecified atom stereocenters. The maximum atomic E-state index is 13.4. The first kappa shape index (κ1) is 13.4. The van der Waals surface area contributed by atoms with Crippen LogP contribution in [0.25, 0.3) is 0 Å². The van der Waals surface area contributed by atoms with Crippen LogP contribution in [-0.4, -0.2) is 31.5 Å². The predicted octanol–water partition coefficient (Wildman–Crippen LogP) is 1.26. The number of nitrogens with zero attached hydrogens (tertiary/aromatic N) is 1. The lowest BCUT2D eigenvalue weighted by molar-refractivity contribution is 0.0992. The largest absolute Gasteiger partial charge is 0.394 e. The van der Waals surface area contributed by atoms with E-state index in [1.165, 1.54) is 12.1 Å². The zero-order valence-electron chi connectivity index (χ0n) is 9.04. The van der Waals surface area contributed by atoms with Crippen molar-refractivity contribution in [3.63, 3.8) is 0 Å². The average Bonchev–Trinajstić information content (AvgIpc) is 2.34. The summed E-state index contributed by atoms with van der Waals surface area (Å²) >= 11 is 0. The average molecular weight is 242 g/mol. The number of hydrogen-bond donors (Lipinski definition) is 2. The van der Waals surface area contributed by atoms with Gasteiger partial charge in [0.05, 0.1) is 31.1 Å². The van der Waals surface area contributed by atoms with Gasteiger partial charge in [-0.3, -0.25) is 0 Å². The predicted molar refractivity (Wildman–Crippen MR) is 57.5 cm³/mol. The molecule has 1 aromatic carbocycles. The van der Waals surface area contributed by atoms with E-state index in [1.54, 1.807) is 6.07 Å². The van der Waals surface area contributed by atoms with Gasteiger partial charge in [-0.2, -0.15) is 5.26 Å². The minimum Gasteiger partial charge on any atom is -0.394 e. The van der Waals surface area contributed by atoms with Crippen LogP contribution in [0.1, 0.15) is 5.56 Å². The highest BCUT2D eigenvalue weighted by molar-refractivity contribution is 5.49. The Balaban J connectivity index is 2.55. The molecule has 17 heavy (non-hydrogen) atoms. The number of nitriles is 1. The lowest BCUT2D eigenvalue weighted by Crippen LogP contribution is -2.12. The number of anilines is 1. The third-order valence-corrected chi connectivity index (χ3v) is 2.00. The minimum absolute atomic E-state index is 0.0194. The van der Waals surface area contributed by atoms with Crippen LogP contribution in [0, 0.1) is 23.0 Å². The summed E-state index contributed by atoms with van der Waals surface area (Å²) in [7, 11) is 0. The Kier molecular flexibility index (Phi) is 5.33. The van der Waals surface area contributed by atoms with Crippen LogP contribution < -0.4 is 5.32 Å². The van der Waals surface area contributed by atoms with Crippen LogP contribution in [0.5, 0.6) is 0 Å². The molecule has 0 aliphatic rings. The van der Waals surface area contributed by atoms with E-state index < -0.39 is 11.6 Å². The van der Waals surface area contributed by atoms with Gasteiger partial charge in [0.15, 0.2) is 11.6 Å². The number of hydrogen-bond acceptors (Lipinski definition) is 4. The summed E-state index contributed by atoms with van der Waals surface area (Å²) < 4.78 is 31.5. The van der Waals surface area contributed by atoms with E-state index in [4.69, 9.17) is 15.1 Å². The van der Waals surface area contributed by atoms with E-state index >= 15 is 0 Å². The Morgan fingerprint density at radius 1 is 1.29 bits per heavy atom. The van der Waals surface area contributed by atoms with E-state index in [-0.39, 0.29) is 37.6 Å². The molecule has 1 aromatic rings. The molecule has 6 heteroatoms. The van der Waals surface area contributed by atoms with Gasteiger partial charge in [-0.1, -0.05) is 0 Å². The van der Waals surface area contributed by atoms with Crippen LogP contribution in [-0.2, 0) is 4.74 Å². The molecule has 0 aromatic heterocycles. The molecular weight excluding hydrogens is 230 g/mol. The monoisotopic (exact) mass is 242 g/mol. The number of aliphatic hydroxyl groups excluding tert-OH is 1. The van der Waals surface area contributed by atoms with Gasteiger partial charge in [0.25, 0.3) is 0 Å². The second kappa shape index (κ2) is 6.78. The Bertz CT molecular complexity index is 419. The summed E-state index contributed by atoms with van der Waals surface area (Å²) in [6, 6.07) is 4.05. The fourth-order valence-corrected chi connectivity index (χ4v) is 1.20. The van der Waals surface area contributed by atoms with Crippen molar-refractivity contribution < 1.29 is 18.6 Å². The van der Waals surface area contributed by atoms with Crippen LogP contribution in [0.3, 0.4) is 0 Å². The zero-order chi connectivity index (χ0) is 12.7. The molecule has 0 aliphatic carbocycles. The van der Waals surface area contributed by atoms with Gasteiger partial charge in [0.1, 0.15) is 6.07 Å². The van der Waals surface area contributed by atoms with Gasteiger partial charge in [-0.15, -0.1) is 0 Å². The van der Waals surface area contributed by atoms with Gasteiger partial charge in [-0.05, 0) is 12.1 Å². The maximum Gasteiger partial charge on any atom is 0.183 e. The highest BCUT2D eigenvalue weighted by atomic mass is 19.2. The SMILES string of the molecule is N#Cc1ccc(NCCOCCO)c(F)c1F. The smallest absolute Gasteiger partial charge is 0.183 e. The molecule has 0 aliphatic heterocycles. The molecule has 0 saturated carbocycles. The zero-order valence-corrected chi connectivity index (χ0v) is 9.04. The molecule has 0 radical (unpaired) electrons. The second-order valence-corrected chi connectivity index (χ2v) is 3.16. The second-order valence-electron chi connectivity index (χ2n) is 3.16. The lowest BCUT2D eigenvalue weighted by atomic mass is 10.2. The number of benzene rings is 1. The lowest BCUT2D eigenvalue weighted by Gasteiger charge is -2.08. The molecule has 0 bridgehead atoms. The van der Waals surface area contributed by atoms with E-state index in [0.29, 0.717) is 0 Å². The fraction of sp³-hybridized carbons (Fsp3) is 0.364. The number of ether oxygens (including phenoxy) is 1. The first-order chi connectivity index (χ1) is 8.20. The molecule has 92 valence electrons. The summed E-state index contributed by atoms with van der Waals surface area (Å²) in [5, 5.41) is 19.6. The first-order valence-electron chi connectivity index (χ1n) is 5.01. The number of nitrogens with one attached hydrogen (secondary N) is 1. The molecule has 1 rings (SSSR count). The Hall–Kier alpha value is -1.71. The third kappa shape index (κ3) is 3.66. The van der Waals surface area contributed by atoms with Crippen LogP contribution in [0.4, 0.5) is 14.5 Å². The summed E-state index contributed by atoms with van der Waals surface area (Å²) in [6.45, 7) is 0.662. The maximum absolute atomic E-state index is 13.4. The summed E-state index contributed by atoms with van der Waals surface area (Å²) in [4.78, 5) is 0. The molecule has 0 amide bonds. The van der Waals surface area contributed by atoms with Crippen molar-refractivity contribution in [2.45, 2.75) is 0 Å². The number of halogens is 2. The molecule has 0 fully saturated rings. The molecule has 0 saturated heterocycles. The number of rotatable bonds is 6. The fourth-order valence-electron chi connectivity index (χ4n) is 1.20. The highest BCUT2D eigenvalue weighted by Crippen LogP contribution is 2.19. The van der Waals surface area contributed by atoms with Gasteiger partial charge in [-0.25, -0.2) is 8.78 Å². The Morgan fingerprint density at radius 2 is 2.06 bits per heavy atom. The number of aliphatic hydroxyl groups is 1. The van der Waals surface area contributed by atoms with E-state index in [1.807, 2.05) is 0 Å². The Labute approximate surface area is 97.4 Å². The van der Waals surface area contributed by atoms with E-state index in [2.05, 4.69) is 5.32 Å². The molecule has 4 nitrogen and oxygen atoms in total. The van der Waals surface area contributed by atoms with Gasteiger partial charge in [0, 0.05) is 6.54 Å². The summed E-state index contributed by atoms with van der Waals surface area (Å²) in [6.07, 6.45) is 0. The standard InChI is InChI=1S/C11H12F2N2O2/c12-10-8(7-14)1-2-9(11(10)13)15-3-5-17-6-4-16/h1-2,15-16H,3-6H2. The third-order valence-electron chi connectivity index (χ3n) is 2.00. The van der Waals surface area contributed by atoms with Gasteiger partial charge < -0.3 is 15.2 Å². The van der Waals surface area contributed by atoms with Gasteiger partial charge >= 0.3 is 0 Å². The summed E-state index contributed by atoms with van der Waals surface area (Å²) in [5.41, 5.74) is -0.348. The Morgan fingerprint density at radius 3 is 2.71 bits per heavy atom.